The quantitative estimate of drug-likeness (QED) is 0.698. The number of halogens is 1. The van der Waals surface area contributed by atoms with Gasteiger partial charge >= 0.3 is 0 Å². The van der Waals surface area contributed by atoms with Crippen LogP contribution in [0, 0.1) is 0 Å². The van der Waals surface area contributed by atoms with Crippen molar-refractivity contribution in [3.8, 4) is 0 Å². The molecule has 1 aromatic rings. The number of piperidine rings is 1. The Morgan fingerprint density at radius 3 is 2.87 bits per heavy atom. The van der Waals surface area contributed by atoms with E-state index in [1.807, 2.05) is 11.0 Å². The molecule has 2 saturated heterocycles. The molecule has 8 heteroatoms. The summed E-state index contributed by atoms with van der Waals surface area (Å²) < 4.78 is 0. The zero-order valence-corrected chi connectivity index (χ0v) is 13.7. The third-order valence-corrected chi connectivity index (χ3v) is 5.00. The number of nitrogens with one attached hydrogen (secondary N) is 1. The van der Waals surface area contributed by atoms with Crippen molar-refractivity contribution in [2.45, 2.75) is 18.6 Å². The Balaban J connectivity index is 1.96. The highest BCUT2D eigenvalue weighted by molar-refractivity contribution is 8.18. The molecular formula is C15H16ClN3O3S. The minimum absolute atomic E-state index is 0.333. The Hall–Kier alpha value is -1.54. The molecule has 0 aliphatic carbocycles. The highest BCUT2D eigenvalue weighted by Crippen LogP contribution is 2.35. The van der Waals surface area contributed by atoms with Crippen molar-refractivity contribution in [3.63, 3.8) is 0 Å². The molecule has 3 rings (SSSR count). The molecule has 2 fully saturated rings. The van der Waals surface area contributed by atoms with E-state index in [0.717, 1.165) is 23.0 Å². The van der Waals surface area contributed by atoms with Crippen molar-refractivity contribution in [1.82, 2.24) is 5.32 Å². The Labute approximate surface area is 142 Å². The van der Waals surface area contributed by atoms with E-state index in [1.165, 1.54) is 0 Å². The van der Waals surface area contributed by atoms with Crippen molar-refractivity contribution in [2.75, 3.05) is 18.0 Å². The first-order valence-corrected chi connectivity index (χ1v) is 8.37. The fourth-order valence-electron chi connectivity index (χ4n) is 2.72. The van der Waals surface area contributed by atoms with Gasteiger partial charge in [0.25, 0.3) is 11.1 Å². The Kier molecular flexibility index (Phi) is 4.63. The number of aliphatic hydroxyl groups is 1. The van der Waals surface area contributed by atoms with Gasteiger partial charge in [0.2, 0.25) is 0 Å². The van der Waals surface area contributed by atoms with Gasteiger partial charge in [-0.1, -0.05) is 23.7 Å². The third-order valence-electron chi connectivity index (χ3n) is 3.88. The van der Waals surface area contributed by atoms with Gasteiger partial charge in [-0.25, -0.2) is 0 Å². The van der Waals surface area contributed by atoms with Gasteiger partial charge in [-0.15, -0.1) is 0 Å². The second kappa shape index (κ2) is 6.52. The topological polar surface area (TPSA) is 95.7 Å². The van der Waals surface area contributed by atoms with Crippen LogP contribution in [-0.4, -0.2) is 41.5 Å². The average Bonchev–Trinajstić information content (AvgIpc) is 2.80. The molecule has 0 aromatic heterocycles. The molecule has 2 amide bonds. The summed E-state index contributed by atoms with van der Waals surface area (Å²) in [5, 5.41) is 12.2. The minimum Gasteiger partial charge on any atom is -0.391 e. The van der Waals surface area contributed by atoms with Gasteiger partial charge in [0.05, 0.1) is 21.7 Å². The van der Waals surface area contributed by atoms with Crippen LogP contribution in [-0.2, 0) is 4.79 Å². The molecule has 0 unspecified atom stereocenters. The van der Waals surface area contributed by atoms with E-state index in [1.54, 1.807) is 18.2 Å². The fraction of sp³-hybridized carbons (Fsp3) is 0.333. The number of benzene rings is 1. The minimum atomic E-state index is -0.524. The summed E-state index contributed by atoms with van der Waals surface area (Å²) in [7, 11) is 0. The zero-order valence-electron chi connectivity index (χ0n) is 12.2. The molecular weight excluding hydrogens is 338 g/mol. The van der Waals surface area contributed by atoms with Gasteiger partial charge < -0.3 is 15.7 Å². The number of thioether (sulfide) groups is 1. The number of hydrogen-bond donors (Lipinski definition) is 3. The monoisotopic (exact) mass is 353 g/mol. The number of nitrogens with zero attached hydrogens (tertiary/aromatic N) is 1. The van der Waals surface area contributed by atoms with E-state index in [-0.39, 0.29) is 11.3 Å². The predicted octanol–water partition coefficient (Wildman–Crippen LogP) is 1.56. The molecule has 2 atom stereocenters. The number of carbonyl (C=O) groups is 2. The molecule has 2 heterocycles. The van der Waals surface area contributed by atoms with Gasteiger partial charge in [0.1, 0.15) is 0 Å². The maximum atomic E-state index is 11.7. The van der Waals surface area contributed by atoms with Crippen LogP contribution in [0.25, 0.3) is 6.08 Å². The second-order valence-corrected chi connectivity index (χ2v) is 6.92. The molecule has 0 bridgehead atoms. The van der Waals surface area contributed by atoms with Gasteiger partial charge in [-0.3, -0.25) is 14.9 Å². The van der Waals surface area contributed by atoms with E-state index < -0.39 is 12.0 Å². The molecule has 1 aromatic carbocycles. The van der Waals surface area contributed by atoms with Crippen molar-refractivity contribution >= 4 is 46.3 Å². The summed E-state index contributed by atoms with van der Waals surface area (Å²) in [6.45, 7) is 1.09. The highest BCUT2D eigenvalue weighted by atomic mass is 35.5. The van der Waals surface area contributed by atoms with Crippen LogP contribution in [0.15, 0.2) is 23.1 Å². The number of imide groups is 1. The van der Waals surface area contributed by atoms with Gasteiger partial charge in [-0.05, 0) is 30.3 Å². The first-order chi connectivity index (χ1) is 11.0. The standard InChI is InChI=1S/C15H16ClN3O3S/c16-9-3-1-2-8(6-12-14(21)18-15(22)23-12)13(9)19-5-4-11(20)10(17)7-19/h1-3,6,10-11,20H,4-5,7,17H2,(H,18,21,22)/t10-,11-/m0/s1. The number of anilines is 1. The summed E-state index contributed by atoms with van der Waals surface area (Å²) in [5.41, 5.74) is 7.45. The summed E-state index contributed by atoms with van der Waals surface area (Å²) in [6, 6.07) is 5.03. The van der Waals surface area contributed by atoms with Crippen LogP contribution >= 0.6 is 23.4 Å². The molecule has 23 heavy (non-hydrogen) atoms. The van der Waals surface area contributed by atoms with E-state index >= 15 is 0 Å². The van der Waals surface area contributed by atoms with Gasteiger partial charge in [0.15, 0.2) is 0 Å². The third kappa shape index (κ3) is 3.37. The molecule has 122 valence electrons. The lowest BCUT2D eigenvalue weighted by atomic mass is 10.0. The lowest BCUT2D eigenvalue weighted by Crippen LogP contribution is -2.51. The summed E-state index contributed by atoms with van der Waals surface area (Å²) in [4.78, 5) is 25.4. The molecule has 4 N–H and O–H groups in total. The summed E-state index contributed by atoms with van der Waals surface area (Å²) in [5.74, 6) is -0.406. The lowest BCUT2D eigenvalue weighted by molar-refractivity contribution is -0.115. The predicted molar refractivity (Wildman–Crippen MR) is 91.4 cm³/mol. The number of amides is 2. The average molecular weight is 354 g/mol. The van der Waals surface area contributed by atoms with Crippen LogP contribution in [0.1, 0.15) is 12.0 Å². The van der Waals surface area contributed by atoms with E-state index in [4.69, 9.17) is 17.3 Å². The maximum Gasteiger partial charge on any atom is 0.290 e. The molecule has 0 radical (unpaired) electrons. The molecule has 2 aliphatic rings. The molecule has 2 aliphatic heterocycles. The van der Waals surface area contributed by atoms with Gasteiger partial charge in [0, 0.05) is 24.7 Å². The largest absolute Gasteiger partial charge is 0.391 e. The Bertz CT molecular complexity index is 695. The SMILES string of the molecule is N[C@H]1CN(c2c(Cl)cccc2C=C2SC(=O)NC2=O)CC[C@@H]1O. The Morgan fingerprint density at radius 2 is 2.22 bits per heavy atom. The van der Waals surface area contributed by atoms with Crippen molar-refractivity contribution in [2.24, 2.45) is 5.73 Å². The van der Waals surface area contributed by atoms with Crippen LogP contribution in [0.5, 0.6) is 0 Å². The number of para-hydroxylation sites is 1. The van der Waals surface area contributed by atoms with E-state index in [2.05, 4.69) is 5.32 Å². The normalized spacial score (nSPS) is 26.7. The van der Waals surface area contributed by atoms with Crippen LogP contribution in [0.2, 0.25) is 5.02 Å². The number of carbonyl (C=O) groups excluding carboxylic acids is 2. The van der Waals surface area contributed by atoms with Crippen molar-refractivity contribution < 1.29 is 14.7 Å². The van der Waals surface area contributed by atoms with E-state index in [0.29, 0.717) is 29.4 Å². The highest BCUT2D eigenvalue weighted by Gasteiger charge is 2.29. The fourth-order valence-corrected chi connectivity index (χ4v) is 3.69. The van der Waals surface area contributed by atoms with Crippen molar-refractivity contribution in [3.05, 3.63) is 33.7 Å². The zero-order chi connectivity index (χ0) is 16.6. The second-order valence-electron chi connectivity index (χ2n) is 5.50. The number of aliphatic hydroxyl groups excluding tert-OH is 1. The van der Waals surface area contributed by atoms with Crippen LogP contribution < -0.4 is 16.0 Å². The number of rotatable bonds is 2. The first kappa shape index (κ1) is 16.3. The molecule has 0 saturated carbocycles. The summed E-state index contributed by atoms with van der Waals surface area (Å²) in [6.07, 6.45) is 1.68. The van der Waals surface area contributed by atoms with E-state index in [9.17, 15) is 14.7 Å². The maximum absolute atomic E-state index is 11.7. The van der Waals surface area contributed by atoms with Gasteiger partial charge in [-0.2, -0.15) is 0 Å². The number of hydrogen-bond acceptors (Lipinski definition) is 6. The van der Waals surface area contributed by atoms with Crippen LogP contribution in [0.4, 0.5) is 10.5 Å². The lowest BCUT2D eigenvalue weighted by Gasteiger charge is -2.37. The Morgan fingerprint density at radius 1 is 1.43 bits per heavy atom. The first-order valence-electron chi connectivity index (χ1n) is 7.17. The smallest absolute Gasteiger partial charge is 0.290 e. The van der Waals surface area contributed by atoms with Crippen molar-refractivity contribution in [1.29, 1.82) is 0 Å². The number of nitrogens with two attached hydrogens (primary N) is 1. The summed E-state index contributed by atoms with van der Waals surface area (Å²) >= 11 is 7.21. The van der Waals surface area contributed by atoms with Crippen LogP contribution in [0.3, 0.4) is 0 Å². The molecule has 0 spiro atoms. The molecule has 6 nitrogen and oxygen atoms in total.